The zero-order chi connectivity index (χ0) is 14.1. The number of fused-ring (bicyclic) bond motifs is 1. The van der Waals surface area contributed by atoms with Crippen molar-refractivity contribution in [2.45, 2.75) is 26.8 Å². The standard InChI is InChI=1S/C18H19NO/c1-12-4-3-5-17(13(12)2)18(20)15-7-6-14-8-9-19-11-16(14)10-15/h3-7,10,19H,8-9,11H2,1-2H3. The number of rotatable bonds is 2. The Kier molecular flexibility index (Phi) is 3.41. The fourth-order valence-corrected chi connectivity index (χ4v) is 2.77. The van der Waals surface area contributed by atoms with Gasteiger partial charge in [-0.15, -0.1) is 0 Å². The number of hydrogen-bond acceptors (Lipinski definition) is 2. The number of benzene rings is 2. The van der Waals surface area contributed by atoms with E-state index in [2.05, 4.69) is 11.4 Å². The highest BCUT2D eigenvalue weighted by Gasteiger charge is 2.15. The molecular formula is C18H19NO. The van der Waals surface area contributed by atoms with E-state index in [4.69, 9.17) is 0 Å². The highest BCUT2D eigenvalue weighted by Crippen LogP contribution is 2.21. The summed E-state index contributed by atoms with van der Waals surface area (Å²) in [6, 6.07) is 12.0. The molecule has 0 amide bonds. The average Bonchev–Trinajstić information content (AvgIpc) is 2.49. The topological polar surface area (TPSA) is 29.1 Å². The first kappa shape index (κ1) is 13.1. The van der Waals surface area contributed by atoms with Gasteiger partial charge in [0.05, 0.1) is 0 Å². The van der Waals surface area contributed by atoms with E-state index in [1.807, 2.05) is 44.2 Å². The molecule has 1 heterocycles. The van der Waals surface area contributed by atoms with E-state index < -0.39 is 0 Å². The van der Waals surface area contributed by atoms with Crippen LogP contribution in [0, 0.1) is 13.8 Å². The van der Waals surface area contributed by atoms with Crippen molar-refractivity contribution in [2.24, 2.45) is 0 Å². The van der Waals surface area contributed by atoms with Crippen molar-refractivity contribution in [2.75, 3.05) is 6.54 Å². The van der Waals surface area contributed by atoms with Crippen molar-refractivity contribution in [3.63, 3.8) is 0 Å². The third kappa shape index (κ3) is 2.27. The van der Waals surface area contributed by atoms with Crippen LogP contribution in [0.2, 0.25) is 0 Å². The largest absolute Gasteiger partial charge is 0.312 e. The Balaban J connectivity index is 2.00. The number of ketones is 1. The van der Waals surface area contributed by atoms with Crippen molar-refractivity contribution in [1.29, 1.82) is 0 Å². The fraction of sp³-hybridized carbons (Fsp3) is 0.278. The molecule has 102 valence electrons. The van der Waals surface area contributed by atoms with Crippen molar-refractivity contribution < 1.29 is 4.79 Å². The lowest BCUT2D eigenvalue weighted by Gasteiger charge is -2.18. The van der Waals surface area contributed by atoms with E-state index in [0.29, 0.717) is 0 Å². The molecule has 0 spiro atoms. The molecule has 20 heavy (non-hydrogen) atoms. The zero-order valence-electron chi connectivity index (χ0n) is 12.0. The smallest absolute Gasteiger partial charge is 0.193 e. The fourth-order valence-electron chi connectivity index (χ4n) is 2.77. The molecule has 0 unspecified atom stereocenters. The van der Waals surface area contributed by atoms with Crippen molar-refractivity contribution in [3.8, 4) is 0 Å². The summed E-state index contributed by atoms with van der Waals surface area (Å²) in [6.07, 6.45) is 1.05. The van der Waals surface area contributed by atoms with Crippen LogP contribution in [0.1, 0.15) is 38.2 Å². The quantitative estimate of drug-likeness (QED) is 0.845. The highest BCUT2D eigenvalue weighted by atomic mass is 16.1. The van der Waals surface area contributed by atoms with Crippen LogP contribution in [0.3, 0.4) is 0 Å². The van der Waals surface area contributed by atoms with E-state index in [0.717, 1.165) is 41.8 Å². The van der Waals surface area contributed by atoms with Crippen molar-refractivity contribution in [1.82, 2.24) is 5.32 Å². The number of carbonyl (C=O) groups is 1. The summed E-state index contributed by atoms with van der Waals surface area (Å²) in [6.45, 7) is 5.95. The van der Waals surface area contributed by atoms with Crippen LogP contribution in [0.4, 0.5) is 0 Å². The third-order valence-electron chi connectivity index (χ3n) is 4.20. The molecule has 1 aliphatic rings. The molecule has 2 aromatic carbocycles. The molecule has 1 N–H and O–H groups in total. The Morgan fingerprint density at radius 3 is 2.80 bits per heavy atom. The lowest BCUT2D eigenvalue weighted by atomic mass is 9.92. The summed E-state index contributed by atoms with van der Waals surface area (Å²) in [5, 5.41) is 3.36. The molecule has 3 rings (SSSR count). The van der Waals surface area contributed by atoms with Crippen LogP contribution in [-0.4, -0.2) is 12.3 Å². The summed E-state index contributed by atoms with van der Waals surface area (Å²) in [5.74, 6) is 0.125. The maximum Gasteiger partial charge on any atom is 0.193 e. The average molecular weight is 265 g/mol. The lowest BCUT2D eigenvalue weighted by Crippen LogP contribution is -2.23. The summed E-state index contributed by atoms with van der Waals surface area (Å²) in [5.41, 5.74) is 6.47. The van der Waals surface area contributed by atoms with Crippen LogP contribution in [0.25, 0.3) is 0 Å². The van der Waals surface area contributed by atoms with Gasteiger partial charge in [-0.05, 0) is 55.1 Å². The second-order valence-electron chi connectivity index (χ2n) is 5.49. The molecule has 0 bridgehead atoms. The van der Waals surface area contributed by atoms with Gasteiger partial charge >= 0.3 is 0 Å². The number of hydrogen-bond donors (Lipinski definition) is 1. The van der Waals surface area contributed by atoms with Gasteiger partial charge in [-0.25, -0.2) is 0 Å². The van der Waals surface area contributed by atoms with Gasteiger partial charge in [0, 0.05) is 17.7 Å². The monoisotopic (exact) mass is 265 g/mol. The molecule has 2 nitrogen and oxygen atoms in total. The lowest BCUT2D eigenvalue weighted by molar-refractivity contribution is 0.103. The Bertz CT molecular complexity index is 673. The van der Waals surface area contributed by atoms with E-state index in [1.54, 1.807) is 0 Å². The van der Waals surface area contributed by atoms with Gasteiger partial charge in [0.15, 0.2) is 5.78 Å². The molecular weight excluding hydrogens is 246 g/mol. The van der Waals surface area contributed by atoms with Gasteiger partial charge in [0.2, 0.25) is 0 Å². The second-order valence-corrected chi connectivity index (χ2v) is 5.49. The van der Waals surface area contributed by atoms with Gasteiger partial charge in [-0.3, -0.25) is 4.79 Å². The predicted octanol–water partition coefficient (Wildman–Crippen LogP) is 3.18. The van der Waals surface area contributed by atoms with Gasteiger partial charge < -0.3 is 5.32 Å². The number of nitrogens with one attached hydrogen (secondary N) is 1. The van der Waals surface area contributed by atoms with Gasteiger partial charge in [-0.2, -0.15) is 0 Å². The molecule has 0 atom stereocenters. The normalized spacial score (nSPS) is 13.9. The Hall–Kier alpha value is -1.93. The first-order chi connectivity index (χ1) is 9.66. The van der Waals surface area contributed by atoms with Crippen LogP contribution in [0.15, 0.2) is 36.4 Å². The minimum Gasteiger partial charge on any atom is -0.312 e. The first-order valence-electron chi connectivity index (χ1n) is 7.10. The maximum absolute atomic E-state index is 12.7. The summed E-state index contributed by atoms with van der Waals surface area (Å²) in [4.78, 5) is 12.7. The van der Waals surface area contributed by atoms with Gasteiger partial charge in [0.25, 0.3) is 0 Å². The van der Waals surface area contributed by atoms with Crippen LogP contribution >= 0.6 is 0 Å². The van der Waals surface area contributed by atoms with Crippen molar-refractivity contribution >= 4 is 5.78 Å². The Morgan fingerprint density at radius 2 is 1.95 bits per heavy atom. The molecule has 0 saturated heterocycles. The summed E-state index contributed by atoms with van der Waals surface area (Å²) >= 11 is 0. The maximum atomic E-state index is 12.7. The van der Waals surface area contributed by atoms with E-state index in [-0.39, 0.29) is 5.78 Å². The number of aryl methyl sites for hydroxylation is 1. The van der Waals surface area contributed by atoms with Crippen LogP contribution in [0.5, 0.6) is 0 Å². The SMILES string of the molecule is Cc1cccc(C(=O)c2ccc3c(c2)CNCC3)c1C. The number of carbonyl (C=O) groups excluding carboxylic acids is 1. The predicted molar refractivity (Wildman–Crippen MR) is 81.2 cm³/mol. The zero-order valence-corrected chi connectivity index (χ0v) is 12.0. The molecule has 0 aliphatic carbocycles. The molecule has 2 heteroatoms. The van der Waals surface area contributed by atoms with Gasteiger partial charge in [0.1, 0.15) is 0 Å². The first-order valence-corrected chi connectivity index (χ1v) is 7.10. The highest BCUT2D eigenvalue weighted by molar-refractivity contribution is 6.10. The molecule has 0 saturated carbocycles. The third-order valence-corrected chi connectivity index (χ3v) is 4.20. The van der Waals surface area contributed by atoms with E-state index >= 15 is 0 Å². The van der Waals surface area contributed by atoms with Gasteiger partial charge in [-0.1, -0.05) is 30.3 Å². The molecule has 1 aliphatic heterocycles. The molecule has 2 aromatic rings. The minimum absolute atomic E-state index is 0.125. The minimum atomic E-state index is 0.125. The second kappa shape index (κ2) is 5.22. The van der Waals surface area contributed by atoms with E-state index in [9.17, 15) is 4.79 Å². The van der Waals surface area contributed by atoms with Crippen molar-refractivity contribution in [3.05, 3.63) is 69.8 Å². The molecule has 0 radical (unpaired) electrons. The molecule has 0 aromatic heterocycles. The summed E-state index contributed by atoms with van der Waals surface area (Å²) in [7, 11) is 0. The van der Waals surface area contributed by atoms with Crippen LogP contribution < -0.4 is 5.32 Å². The molecule has 0 fully saturated rings. The summed E-state index contributed by atoms with van der Waals surface area (Å²) < 4.78 is 0. The van der Waals surface area contributed by atoms with Crippen LogP contribution in [-0.2, 0) is 13.0 Å². The Labute approximate surface area is 119 Å². The Morgan fingerprint density at radius 1 is 1.10 bits per heavy atom. The van der Waals surface area contributed by atoms with E-state index in [1.165, 1.54) is 11.1 Å².